The van der Waals surface area contributed by atoms with E-state index in [2.05, 4.69) is 18.7 Å². The van der Waals surface area contributed by atoms with Crippen molar-refractivity contribution in [3.05, 3.63) is 0 Å². The average molecular weight is 215 g/mol. The van der Waals surface area contributed by atoms with E-state index < -0.39 is 5.97 Å². The Hall–Kier alpha value is -0.570. The van der Waals surface area contributed by atoms with Crippen LogP contribution in [0.5, 0.6) is 0 Å². The molecule has 3 nitrogen and oxygen atoms in total. The van der Waals surface area contributed by atoms with Crippen molar-refractivity contribution in [3.8, 4) is 0 Å². The molecule has 0 radical (unpaired) electrons. The summed E-state index contributed by atoms with van der Waals surface area (Å²) in [6.07, 6.45) is 2.18. The highest BCUT2D eigenvalue weighted by atomic mass is 16.4. The summed E-state index contributed by atoms with van der Waals surface area (Å²) in [5.41, 5.74) is 0. The minimum absolute atomic E-state index is 0.207. The molecular weight excluding hydrogens is 190 g/mol. The van der Waals surface area contributed by atoms with Gasteiger partial charge in [0.1, 0.15) is 0 Å². The zero-order valence-corrected chi connectivity index (χ0v) is 10.5. The van der Waals surface area contributed by atoms with E-state index in [0.717, 1.165) is 25.9 Å². The lowest BCUT2D eigenvalue weighted by molar-refractivity contribution is -0.144. The summed E-state index contributed by atoms with van der Waals surface area (Å²) < 4.78 is 0. The molecule has 1 unspecified atom stereocenters. The summed E-state index contributed by atoms with van der Waals surface area (Å²) in [4.78, 5) is 13.3. The molecule has 0 aromatic heterocycles. The van der Waals surface area contributed by atoms with Crippen molar-refractivity contribution in [3.63, 3.8) is 0 Å². The maximum atomic E-state index is 11.1. The first kappa shape index (κ1) is 14.4. The molecule has 0 heterocycles. The van der Waals surface area contributed by atoms with Crippen LogP contribution in [0.15, 0.2) is 0 Å². The lowest BCUT2D eigenvalue weighted by atomic mass is 9.95. The fourth-order valence-electron chi connectivity index (χ4n) is 1.78. The normalized spacial score (nSPS) is 13.5. The SMILES string of the molecule is CCCN(CCC)CC(C(=O)O)C(C)C. The van der Waals surface area contributed by atoms with E-state index in [1.165, 1.54) is 0 Å². The van der Waals surface area contributed by atoms with Crippen molar-refractivity contribution in [2.45, 2.75) is 40.5 Å². The first-order valence-corrected chi connectivity index (χ1v) is 5.98. The number of carboxylic acid groups (broad SMARTS) is 1. The number of nitrogens with zero attached hydrogens (tertiary/aromatic N) is 1. The van der Waals surface area contributed by atoms with Crippen LogP contribution >= 0.6 is 0 Å². The van der Waals surface area contributed by atoms with Gasteiger partial charge in [0.25, 0.3) is 0 Å². The van der Waals surface area contributed by atoms with Crippen LogP contribution < -0.4 is 0 Å². The number of hydrogen-bond donors (Lipinski definition) is 1. The largest absolute Gasteiger partial charge is 0.481 e. The van der Waals surface area contributed by atoms with Gasteiger partial charge in [0, 0.05) is 6.54 Å². The van der Waals surface area contributed by atoms with Gasteiger partial charge < -0.3 is 10.0 Å². The Labute approximate surface area is 93.5 Å². The Morgan fingerprint density at radius 2 is 1.67 bits per heavy atom. The Balaban J connectivity index is 4.25. The fourth-order valence-corrected chi connectivity index (χ4v) is 1.78. The van der Waals surface area contributed by atoms with Crippen LogP contribution in [0, 0.1) is 11.8 Å². The molecule has 0 rings (SSSR count). The lowest BCUT2D eigenvalue weighted by Gasteiger charge is -2.26. The van der Waals surface area contributed by atoms with E-state index in [9.17, 15) is 4.79 Å². The summed E-state index contributed by atoms with van der Waals surface area (Å²) in [6.45, 7) is 10.9. The van der Waals surface area contributed by atoms with Crippen molar-refractivity contribution in [2.24, 2.45) is 11.8 Å². The minimum atomic E-state index is -0.665. The molecule has 0 aromatic rings. The quantitative estimate of drug-likeness (QED) is 0.676. The summed E-state index contributed by atoms with van der Waals surface area (Å²) >= 11 is 0. The van der Waals surface area contributed by atoms with Crippen molar-refractivity contribution in [1.82, 2.24) is 4.90 Å². The van der Waals surface area contributed by atoms with E-state index in [0.29, 0.717) is 6.54 Å². The van der Waals surface area contributed by atoms with Crippen molar-refractivity contribution in [2.75, 3.05) is 19.6 Å². The second kappa shape index (κ2) is 7.69. The van der Waals surface area contributed by atoms with Crippen LogP contribution in [0.25, 0.3) is 0 Å². The van der Waals surface area contributed by atoms with Gasteiger partial charge in [-0.05, 0) is 31.8 Å². The molecule has 0 saturated heterocycles. The molecule has 1 N–H and O–H groups in total. The molecule has 0 aliphatic heterocycles. The molecule has 15 heavy (non-hydrogen) atoms. The molecule has 0 aliphatic rings. The van der Waals surface area contributed by atoms with Crippen LogP contribution in [0.3, 0.4) is 0 Å². The molecule has 90 valence electrons. The van der Waals surface area contributed by atoms with Crippen molar-refractivity contribution in [1.29, 1.82) is 0 Å². The Bertz CT molecular complexity index is 174. The van der Waals surface area contributed by atoms with Crippen LogP contribution in [-0.4, -0.2) is 35.6 Å². The molecule has 0 aromatic carbocycles. The van der Waals surface area contributed by atoms with Gasteiger partial charge in [-0.25, -0.2) is 0 Å². The zero-order chi connectivity index (χ0) is 11.8. The summed E-state index contributed by atoms with van der Waals surface area (Å²) in [5, 5.41) is 9.10. The van der Waals surface area contributed by atoms with Gasteiger partial charge in [0.2, 0.25) is 0 Å². The molecule has 3 heteroatoms. The third-order valence-corrected chi connectivity index (χ3v) is 2.66. The molecular formula is C12H25NO2. The van der Waals surface area contributed by atoms with Crippen LogP contribution in [0.4, 0.5) is 0 Å². The van der Waals surface area contributed by atoms with Crippen molar-refractivity contribution < 1.29 is 9.90 Å². The second-order valence-corrected chi connectivity index (χ2v) is 4.49. The number of hydrogen-bond acceptors (Lipinski definition) is 2. The van der Waals surface area contributed by atoms with Gasteiger partial charge in [-0.1, -0.05) is 27.7 Å². The summed E-state index contributed by atoms with van der Waals surface area (Å²) in [7, 11) is 0. The molecule has 0 amide bonds. The maximum absolute atomic E-state index is 11.1. The molecule has 0 fully saturated rings. The first-order valence-electron chi connectivity index (χ1n) is 5.98. The maximum Gasteiger partial charge on any atom is 0.308 e. The van der Waals surface area contributed by atoms with Crippen LogP contribution in [-0.2, 0) is 4.79 Å². The number of carboxylic acids is 1. The van der Waals surface area contributed by atoms with E-state index in [-0.39, 0.29) is 11.8 Å². The fraction of sp³-hybridized carbons (Fsp3) is 0.917. The van der Waals surface area contributed by atoms with Crippen LogP contribution in [0.2, 0.25) is 0 Å². The van der Waals surface area contributed by atoms with E-state index in [1.807, 2.05) is 13.8 Å². The predicted molar refractivity (Wildman–Crippen MR) is 63.0 cm³/mol. The van der Waals surface area contributed by atoms with Gasteiger partial charge in [-0.15, -0.1) is 0 Å². The molecule has 0 bridgehead atoms. The molecule has 1 atom stereocenters. The Morgan fingerprint density at radius 3 is 1.93 bits per heavy atom. The van der Waals surface area contributed by atoms with Gasteiger partial charge in [0.05, 0.1) is 5.92 Å². The summed E-state index contributed by atoms with van der Waals surface area (Å²) in [5.74, 6) is -0.691. The van der Waals surface area contributed by atoms with Crippen molar-refractivity contribution >= 4 is 5.97 Å². The first-order chi connectivity index (χ1) is 7.02. The Morgan fingerprint density at radius 1 is 1.20 bits per heavy atom. The smallest absolute Gasteiger partial charge is 0.308 e. The van der Waals surface area contributed by atoms with Gasteiger partial charge in [-0.2, -0.15) is 0 Å². The number of carbonyl (C=O) groups is 1. The highest BCUT2D eigenvalue weighted by Crippen LogP contribution is 2.13. The van der Waals surface area contributed by atoms with E-state index in [1.54, 1.807) is 0 Å². The monoisotopic (exact) mass is 215 g/mol. The predicted octanol–water partition coefficient (Wildman–Crippen LogP) is 2.47. The summed E-state index contributed by atoms with van der Waals surface area (Å²) in [6, 6.07) is 0. The van der Waals surface area contributed by atoms with E-state index >= 15 is 0 Å². The number of rotatable bonds is 8. The highest BCUT2D eigenvalue weighted by Gasteiger charge is 2.23. The second-order valence-electron chi connectivity index (χ2n) is 4.49. The standard InChI is InChI=1S/C12H25NO2/c1-5-7-13(8-6-2)9-11(10(3)4)12(14)15/h10-11H,5-9H2,1-4H3,(H,14,15). The molecule has 0 aliphatic carbocycles. The Kier molecular flexibility index (Phi) is 7.39. The van der Waals surface area contributed by atoms with Gasteiger partial charge >= 0.3 is 5.97 Å². The van der Waals surface area contributed by atoms with E-state index in [4.69, 9.17) is 5.11 Å². The highest BCUT2D eigenvalue weighted by molar-refractivity contribution is 5.70. The minimum Gasteiger partial charge on any atom is -0.481 e. The molecule has 0 spiro atoms. The van der Waals surface area contributed by atoms with Crippen LogP contribution in [0.1, 0.15) is 40.5 Å². The third-order valence-electron chi connectivity index (χ3n) is 2.66. The zero-order valence-electron chi connectivity index (χ0n) is 10.5. The van der Waals surface area contributed by atoms with Gasteiger partial charge in [0.15, 0.2) is 0 Å². The topological polar surface area (TPSA) is 40.5 Å². The average Bonchev–Trinajstić information content (AvgIpc) is 2.13. The van der Waals surface area contributed by atoms with Gasteiger partial charge in [-0.3, -0.25) is 4.79 Å². The third kappa shape index (κ3) is 5.78. The molecule has 0 saturated carbocycles. The number of aliphatic carboxylic acids is 1. The lowest BCUT2D eigenvalue weighted by Crippen LogP contribution is -2.36.